The number of primary sulfonamides is 1. The highest BCUT2D eigenvalue weighted by Crippen LogP contribution is 2.28. The maximum atomic E-state index is 12.2. The molecule has 0 unspecified atom stereocenters. The number of nitrogens with two attached hydrogens (primary N) is 1. The number of aryl methyl sites for hydroxylation is 1. The average molecular weight is 316 g/mol. The highest BCUT2D eigenvalue weighted by molar-refractivity contribution is 7.89. The minimum absolute atomic E-state index is 0.0545. The Labute approximate surface area is 123 Å². The summed E-state index contributed by atoms with van der Waals surface area (Å²) in [4.78, 5) is 11.9. The summed E-state index contributed by atoms with van der Waals surface area (Å²) in [6.07, 6.45) is 1.68. The van der Waals surface area contributed by atoms with Crippen LogP contribution in [-0.2, 0) is 14.8 Å². The topological polar surface area (TPSA) is 127 Å². The second-order valence-electron chi connectivity index (χ2n) is 5.68. The average Bonchev–Trinajstić information content (AvgIpc) is 2.79. The molecule has 1 aliphatic heterocycles. The fourth-order valence-corrected chi connectivity index (χ4v) is 3.22. The first-order chi connectivity index (χ1) is 9.73. The second-order valence-corrected chi connectivity index (χ2v) is 7.18. The quantitative estimate of drug-likeness (QED) is 0.715. The van der Waals surface area contributed by atoms with Crippen molar-refractivity contribution in [3.8, 4) is 0 Å². The first kappa shape index (κ1) is 15.9. The van der Waals surface area contributed by atoms with Crippen molar-refractivity contribution < 1.29 is 17.9 Å². The summed E-state index contributed by atoms with van der Waals surface area (Å²) in [5.74, 6) is -0.545. The first-order valence-corrected chi connectivity index (χ1v) is 8.21. The van der Waals surface area contributed by atoms with Crippen molar-refractivity contribution in [3.05, 3.63) is 11.4 Å². The standard InChI is InChI=1S/C12H20N4O4S/c1-8-10(21(13,18)19)9(16-15-8)11(17)14-7-12(2)3-5-20-6-4-12/h3-7H2,1-2H3,(H,14,17)(H,15,16)(H2,13,18,19). The largest absolute Gasteiger partial charge is 0.381 e. The Morgan fingerprint density at radius 1 is 1.48 bits per heavy atom. The van der Waals surface area contributed by atoms with Gasteiger partial charge in [0.05, 0.1) is 5.69 Å². The van der Waals surface area contributed by atoms with Crippen LogP contribution in [0.25, 0.3) is 0 Å². The number of carbonyl (C=O) groups is 1. The van der Waals surface area contributed by atoms with E-state index in [2.05, 4.69) is 22.4 Å². The summed E-state index contributed by atoms with van der Waals surface area (Å²) in [5.41, 5.74) is 0.00618. The van der Waals surface area contributed by atoms with Gasteiger partial charge in [-0.3, -0.25) is 9.89 Å². The van der Waals surface area contributed by atoms with Crippen LogP contribution in [0.3, 0.4) is 0 Å². The normalized spacial score (nSPS) is 18.4. The maximum Gasteiger partial charge on any atom is 0.273 e. The van der Waals surface area contributed by atoms with Gasteiger partial charge in [0.15, 0.2) is 5.69 Å². The van der Waals surface area contributed by atoms with Crippen LogP contribution in [0.5, 0.6) is 0 Å². The maximum absolute atomic E-state index is 12.2. The van der Waals surface area contributed by atoms with Gasteiger partial charge in [0.25, 0.3) is 5.91 Å². The number of rotatable bonds is 4. The molecule has 8 nitrogen and oxygen atoms in total. The van der Waals surface area contributed by atoms with Crippen molar-refractivity contribution in [2.45, 2.75) is 31.6 Å². The van der Waals surface area contributed by atoms with E-state index >= 15 is 0 Å². The Bertz CT molecular complexity index is 632. The van der Waals surface area contributed by atoms with Gasteiger partial charge >= 0.3 is 0 Å². The predicted molar refractivity (Wildman–Crippen MR) is 75.2 cm³/mol. The van der Waals surface area contributed by atoms with Gasteiger partial charge in [0.2, 0.25) is 10.0 Å². The van der Waals surface area contributed by atoms with Crippen LogP contribution in [0, 0.1) is 12.3 Å². The van der Waals surface area contributed by atoms with Crippen LogP contribution in [0.2, 0.25) is 0 Å². The summed E-state index contributed by atoms with van der Waals surface area (Å²) in [7, 11) is -4.00. The smallest absolute Gasteiger partial charge is 0.273 e. The molecule has 118 valence electrons. The SMILES string of the molecule is Cc1[nH]nc(C(=O)NCC2(C)CCOCC2)c1S(N)(=O)=O. The lowest BCUT2D eigenvalue weighted by atomic mass is 9.82. The molecule has 0 aromatic carbocycles. The van der Waals surface area contributed by atoms with E-state index in [-0.39, 0.29) is 21.7 Å². The number of hydrogen-bond donors (Lipinski definition) is 3. The molecule has 1 aliphatic rings. The van der Waals surface area contributed by atoms with E-state index in [1.807, 2.05) is 0 Å². The zero-order chi connectivity index (χ0) is 15.7. The Kier molecular flexibility index (Phi) is 4.35. The molecule has 0 spiro atoms. The zero-order valence-corrected chi connectivity index (χ0v) is 12.9. The van der Waals surface area contributed by atoms with Crippen molar-refractivity contribution in [2.24, 2.45) is 10.6 Å². The van der Waals surface area contributed by atoms with E-state index in [1.54, 1.807) is 0 Å². The number of nitrogens with one attached hydrogen (secondary N) is 2. The number of amides is 1. The van der Waals surface area contributed by atoms with Gasteiger partial charge in [-0.15, -0.1) is 0 Å². The Morgan fingerprint density at radius 3 is 2.67 bits per heavy atom. The van der Waals surface area contributed by atoms with Crippen molar-refractivity contribution >= 4 is 15.9 Å². The molecule has 1 amide bonds. The van der Waals surface area contributed by atoms with E-state index in [9.17, 15) is 13.2 Å². The van der Waals surface area contributed by atoms with E-state index < -0.39 is 15.9 Å². The van der Waals surface area contributed by atoms with Crippen molar-refractivity contribution in [1.29, 1.82) is 0 Å². The molecule has 1 saturated heterocycles. The summed E-state index contributed by atoms with van der Waals surface area (Å²) in [6.45, 7) is 5.33. The Balaban J connectivity index is 2.11. The summed E-state index contributed by atoms with van der Waals surface area (Å²) in [6, 6.07) is 0. The van der Waals surface area contributed by atoms with Gasteiger partial charge in [0, 0.05) is 19.8 Å². The molecule has 2 rings (SSSR count). The molecule has 2 heterocycles. The number of nitrogens with zero attached hydrogens (tertiary/aromatic N) is 1. The molecule has 9 heteroatoms. The van der Waals surface area contributed by atoms with Gasteiger partial charge in [-0.1, -0.05) is 6.92 Å². The van der Waals surface area contributed by atoms with E-state index in [0.29, 0.717) is 19.8 Å². The molecule has 0 saturated carbocycles. The highest BCUT2D eigenvalue weighted by Gasteiger charge is 2.30. The summed E-state index contributed by atoms with van der Waals surface area (Å²) >= 11 is 0. The Morgan fingerprint density at radius 2 is 2.10 bits per heavy atom. The second kappa shape index (κ2) is 5.74. The first-order valence-electron chi connectivity index (χ1n) is 6.67. The van der Waals surface area contributed by atoms with Gasteiger partial charge in [-0.25, -0.2) is 13.6 Å². The monoisotopic (exact) mass is 316 g/mol. The number of aromatic nitrogens is 2. The lowest BCUT2D eigenvalue weighted by Crippen LogP contribution is -2.39. The summed E-state index contributed by atoms with van der Waals surface area (Å²) < 4.78 is 28.4. The molecule has 0 aliphatic carbocycles. The molecule has 1 fully saturated rings. The fourth-order valence-electron chi connectivity index (χ4n) is 2.34. The number of ether oxygens (including phenoxy) is 1. The minimum atomic E-state index is -4.00. The van der Waals surface area contributed by atoms with Crippen molar-refractivity contribution in [2.75, 3.05) is 19.8 Å². The highest BCUT2D eigenvalue weighted by atomic mass is 32.2. The van der Waals surface area contributed by atoms with Crippen molar-refractivity contribution in [1.82, 2.24) is 15.5 Å². The number of carbonyl (C=O) groups excluding carboxylic acids is 1. The third-order valence-corrected chi connectivity index (χ3v) is 4.83. The van der Waals surface area contributed by atoms with Crippen LogP contribution >= 0.6 is 0 Å². The van der Waals surface area contributed by atoms with E-state index in [0.717, 1.165) is 12.8 Å². The van der Waals surface area contributed by atoms with E-state index in [1.165, 1.54) is 6.92 Å². The molecule has 21 heavy (non-hydrogen) atoms. The van der Waals surface area contributed by atoms with Crippen LogP contribution < -0.4 is 10.5 Å². The summed E-state index contributed by atoms with van der Waals surface area (Å²) in [5, 5.41) is 14.1. The van der Waals surface area contributed by atoms with Gasteiger partial charge in [0.1, 0.15) is 4.90 Å². The third kappa shape index (κ3) is 3.60. The number of H-pyrrole nitrogens is 1. The molecule has 0 atom stereocenters. The number of hydrogen-bond acceptors (Lipinski definition) is 5. The molecule has 1 aromatic rings. The zero-order valence-electron chi connectivity index (χ0n) is 12.1. The fraction of sp³-hybridized carbons (Fsp3) is 0.667. The van der Waals surface area contributed by atoms with Crippen LogP contribution in [0.1, 0.15) is 35.9 Å². The minimum Gasteiger partial charge on any atom is -0.381 e. The van der Waals surface area contributed by atoms with Gasteiger partial charge < -0.3 is 10.1 Å². The number of sulfonamides is 1. The van der Waals surface area contributed by atoms with Crippen molar-refractivity contribution in [3.63, 3.8) is 0 Å². The van der Waals surface area contributed by atoms with Crippen LogP contribution in [0.4, 0.5) is 0 Å². The Hall–Kier alpha value is -1.45. The van der Waals surface area contributed by atoms with E-state index in [4.69, 9.17) is 9.88 Å². The van der Waals surface area contributed by atoms with Gasteiger partial charge in [-0.2, -0.15) is 5.10 Å². The molecular weight excluding hydrogens is 296 g/mol. The van der Waals surface area contributed by atoms with Crippen LogP contribution in [0.15, 0.2) is 4.90 Å². The molecule has 0 radical (unpaired) electrons. The lowest BCUT2D eigenvalue weighted by molar-refractivity contribution is 0.0238. The predicted octanol–water partition coefficient (Wildman–Crippen LogP) is -0.0880. The molecular formula is C12H20N4O4S. The molecule has 1 aromatic heterocycles. The molecule has 4 N–H and O–H groups in total. The number of aromatic amines is 1. The van der Waals surface area contributed by atoms with Gasteiger partial charge in [-0.05, 0) is 25.2 Å². The lowest BCUT2D eigenvalue weighted by Gasteiger charge is -2.33. The van der Waals surface area contributed by atoms with Crippen LogP contribution in [-0.4, -0.2) is 44.3 Å². The third-order valence-electron chi connectivity index (χ3n) is 3.77. The molecule has 0 bridgehead atoms.